The van der Waals surface area contributed by atoms with Crippen molar-refractivity contribution in [1.29, 1.82) is 0 Å². The summed E-state index contributed by atoms with van der Waals surface area (Å²) in [5.41, 5.74) is 1.23. The molecule has 1 atom stereocenters. The number of amides is 1. The van der Waals surface area contributed by atoms with Crippen LogP contribution in [0.3, 0.4) is 0 Å². The first-order chi connectivity index (χ1) is 10.7. The lowest BCUT2D eigenvalue weighted by atomic mass is 10.2. The maximum atomic E-state index is 12.3. The van der Waals surface area contributed by atoms with Crippen molar-refractivity contribution in [3.8, 4) is 0 Å². The molecule has 0 saturated carbocycles. The van der Waals surface area contributed by atoms with Crippen molar-refractivity contribution in [2.75, 3.05) is 39.3 Å². The van der Waals surface area contributed by atoms with Gasteiger partial charge in [0.25, 0.3) is 0 Å². The van der Waals surface area contributed by atoms with E-state index < -0.39 is 0 Å². The quantitative estimate of drug-likeness (QED) is 0.799. The molecule has 2 aliphatic rings. The number of aryl methyl sites for hydroxylation is 1. The minimum absolute atomic E-state index is 0.129. The second-order valence-corrected chi connectivity index (χ2v) is 7.01. The van der Waals surface area contributed by atoms with Gasteiger partial charge < -0.3 is 9.64 Å². The van der Waals surface area contributed by atoms with Gasteiger partial charge in [-0.15, -0.1) is 11.3 Å². The molecule has 1 aromatic heterocycles. The van der Waals surface area contributed by atoms with E-state index in [1.54, 1.807) is 17.4 Å². The number of hydrogen-bond acceptors (Lipinski definition) is 4. The standard InChI is InChI=1S/C17H24N2O2S/c1-14-6-12-22-16(14)4-5-17(20)19-9-7-18(8-10-19)13-15-3-2-11-21-15/h4-6,12,15H,2-3,7-11,13H2,1H3/b5-4+/t15-/m1/s1. The fraction of sp³-hybridized carbons (Fsp3) is 0.588. The molecule has 0 unspecified atom stereocenters. The normalized spacial score (nSPS) is 23.5. The third-order valence-electron chi connectivity index (χ3n) is 4.45. The van der Waals surface area contributed by atoms with Gasteiger partial charge in [0, 0.05) is 50.3 Å². The lowest BCUT2D eigenvalue weighted by molar-refractivity contribution is -0.127. The Morgan fingerprint density at radius 3 is 2.86 bits per heavy atom. The number of rotatable bonds is 4. The van der Waals surface area contributed by atoms with Crippen LogP contribution in [-0.2, 0) is 9.53 Å². The van der Waals surface area contributed by atoms with Crippen LogP contribution in [0.2, 0.25) is 0 Å². The smallest absolute Gasteiger partial charge is 0.246 e. The molecular formula is C17H24N2O2S. The number of ether oxygens (including phenoxy) is 1. The minimum atomic E-state index is 0.129. The molecule has 3 heterocycles. The van der Waals surface area contributed by atoms with Crippen LogP contribution >= 0.6 is 11.3 Å². The van der Waals surface area contributed by atoms with Gasteiger partial charge in [0.2, 0.25) is 5.91 Å². The number of carbonyl (C=O) groups excluding carboxylic acids is 1. The van der Waals surface area contributed by atoms with Gasteiger partial charge in [0.05, 0.1) is 6.10 Å². The summed E-state index contributed by atoms with van der Waals surface area (Å²) in [6.07, 6.45) is 6.44. The fourth-order valence-electron chi connectivity index (χ4n) is 3.03. The first-order valence-corrected chi connectivity index (χ1v) is 8.95. The second kappa shape index (κ2) is 7.40. The van der Waals surface area contributed by atoms with E-state index in [0.29, 0.717) is 6.10 Å². The van der Waals surface area contributed by atoms with E-state index in [0.717, 1.165) is 39.3 Å². The zero-order valence-corrected chi connectivity index (χ0v) is 14.0. The molecule has 0 spiro atoms. The van der Waals surface area contributed by atoms with Crippen LogP contribution in [0.4, 0.5) is 0 Å². The summed E-state index contributed by atoms with van der Waals surface area (Å²) < 4.78 is 5.69. The molecule has 0 aromatic carbocycles. The Hall–Kier alpha value is -1.17. The van der Waals surface area contributed by atoms with Gasteiger partial charge in [-0.2, -0.15) is 0 Å². The molecule has 22 heavy (non-hydrogen) atoms. The maximum absolute atomic E-state index is 12.3. The summed E-state index contributed by atoms with van der Waals surface area (Å²) in [6, 6.07) is 2.08. The largest absolute Gasteiger partial charge is 0.377 e. The third kappa shape index (κ3) is 3.97. The van der Waals surface area contributed by atoms with Crippen LogP contribution in [0.15, 0.2) is 17.5 Å². The molecule has 5 heteroatoms. The maximum Gasteiger partial charge on any atom is 0.246 e. The van der Waals surface area contributed by atoms with Crippen molar-refractivity contribution < 1.29 is 9.53 Å². The Morgan fingerprint density at radius 1 is 1.41 bits per heavy atom. The second-order valence-electron chi connectivity index (χ2n) is 6.06. The average molecular weight is 320 g/mol. The lowest BCUT2D eigenvalue weighted by Gasteiger charge is -2.35. The summed E-state index contributed by atoms with van der Waals surface area (Å²) in [4.78, 5) is 17.8. The van der Waals surface area contributed by atoms with E-state index in [2.05, 4.69) is 23.3 Å². The van der Waals surface area contributed by atoms with Crippen molar-refractivity contribution in [1.82, 2.24) is 9.80 Å². The Bertz CT molecular complexity index is 527. The van der Waals surface area contributed by atoms with Crippen LogP contribution in [0.5, 0.6) is 0 Å². The van der Waals surface area contributed by atoms with Crippen molar-refractivity contribution in [2.24, 2.45) is 0 Å². The summed E-state index contributed by atoms with van der Waals surface area (Å²) >= 11 is 1.68. The van der Waals surface area contributed by atoms with Gasteiger partial charge >= 0.3 is 0 Å². The van der Waals surface area contributed by atoms with Gasteiger partial charge in [-0.25, -0.2) is 0 Å². The van der Waals surface area contributed by atoms with Gasteiger partial charge in [0.15, 0.2) is 0 Å². The van der Waals surface area contributed by atoms with Crippen LogP contribution in [0, 0.1) is 6.92 Å². The number of nitrogens with zero attached hydrogens (tertiary/aromatic N) is 2. The highest BCUT2D eigenvalue weighted by Gasteiger charge is 2.24. The van der Waals surface area contributed by atoms with Gasteiger partial charge in [-0.1, -0.05) is 0 Å². The molecule has 0 aliphatic carbocycles. The van der Waals surface area contributed by atoms with E-state index >= 15 is 0 Å². The molecule has 120 valence electrons. The molecule has 3 rings (SSSR count). The minimum Gasteiger partial charge on any atom is -0.377 e. The summed E-state index contributed by atoms with van der Waals surface area (Å²) in [5, 5.41) is 2.06. The molecule has 0 bridgehead atoms. The summed E-state index contributed by atoms with van der Waals surface area (Å²) in [7, 11) is 0. The highest BCUT2D eigenvalue weighted by atomic mass is 32.1. The number of carbonyl (C=O) groups is 1. The summed E-state index contributed by atoms with van der Waals surface area (Å²) in [6.45, 7) is 7.56. The van der Waals surface area contributed by atoms with Crippen molar-refractivity contribution in [3.05, 3.63) is 28.0 Å². The first-order valence-electron chi connectivity index (χ1n) is 8.07. The average Bonchev–Trinajstić information content (AvgIpc) is 3.17. The molecule has 0 radical (unpaired) electrons. The molecule has 4 nitrogen and oxygen atoms in total. The molecule has 2 fully saturated rings. The molecule has 2 saturated heterocycles. The SMILES string of the molecule is Cc1ccsc1/C=C/C(=O)N1CCN(C[C@H]2CCCO2)CC1. The number of hydrogen-bond donors (Lipinski definition) is 0. The van der Waals surface area contributed by atoms with Gasteiger partial charge in [0.1, 0.15) is 0 Å². The van der Waals surface area contributed by atoms with Crippen molar-refractivity contribution in [2.45, 2.75) is 25.9 Å². The predicted octanol–water partition coefficient (Wildman–Crippen LogP) is 2.39. The molecule has 1 aromatic rings. The zero-order chi connectivity index (χ0) is 15.4. The van der Waals surface area contributed by atoms with E-state index in [1.807, 2.05) is 11.0 Å². The monoisotopic (exact) mass is 320 g/mol. The Balaban J connectivity index is 1.45. The topological polar surface area (TPSA) is 32.8 Å². The molecule has 1 amide bonds. The van der Waals surface area contributed by atoms with Crippen LogP contribution in [0.1, 0.15) is 23.3 Å². The Kier molecular flexibility index (Phi) is 5.28. The van der Waals surface area contributed by atoms with Gasteiger partial charge in [-0.05, 0) is 42.9 Å². The van der Waals surface area contributed by atoms with E-state index in [9.17, 15) is 4.79 Å². The first kappa shape index (κ1) is 15.7. The Labute approximate surface area is 136 Å². The lowest BCUT2D eigenvalue weighted by Crippen LogP contribution is -2.50. The van der Waals surface area contributed by atoms with Crippen molar-refractivity contribution in [3.63, 3.8) is 0 Å². The fourth-order valence-corrected chi connectivity index (χ4v) is 3.85. The van der Waals surface area contributed by atoms with Crippen LogP contribution in [0.25, 0.3) is 6.08 Å². The zero-order valence-electron chi connectivity index (χ0n) is 13.2. The van der Waals surface area contributed by atoms with Crippen LogP contribution in [-0.4, -0.2) is 61.1 Å². The van der Waals surface area contributed by atoms with E-state index in [-0.39, 0.29) is 5.91 Å². The third-order valence-corrected chi connectivity index (χ3v) is 5.43. The van der Waals surface area contributed by atoms with E-state index in [4.69, 9.17) is 4.74 Å². The van der Waals surface area contributed by atoms with Crippen LogP contribution < -0.4 is 0 Å². The van der Waals surface area contributed by atoms with Crippen molar-refractivity contribution >= 4 is 23.3 Å². The number of piperazine rings is 1. The molecule has 2 aliphatic heterocycles. The number of thiophene rings is 1. The highest BCUT2D eigenvalue weighted by molar-refractivity contribution is 7.11. The van der Waals surface area contributed by atoms with E-state index in [1.165, 1.54) is 23.3 Å². The Morgan fingerprint density at radius 2 is 2.23 bits per heavy atom. The molecular weight excluding hydrogens is 296 g/mol. The van der Waals surface area contributed by atoms with Gasteiger partial charge in [-0.3, -0.25) is 9.69 Å². The summed E-state index contributed by atoms with van der Waals surface area (Å²) in [5.74, 6) is 0.129. The molecule has 0 N–H and O–H groups in total. The highest BCUT2D eigenvalue weighted by Crippen LogP contribution is 2.18. The predicted molar refractivity (Wildman–Crippen MR) is 90.1 cm³/mol.